The topological polar surface area (TPSA) is 98.0 Å². The Morgan fingerprint density at radius 2 is 1.48 bits per heavy atom. The Kier molecular flexibility index (Phi) is 14.9. The lowest BCUT2D eigenvalue weighted by Gasteiger charge is -2.10. The molecule has 0 bridgehead atoms. The Morgan fingerprint density at radius 3 is 2.17 bits per heavy atom. The molecular formula is C18H32O5. The van der Waals surface area contributed by atoms with Crippen molar-refractivity contribution in [1.82, 2.24) is 0 Å². The van der Waals surface area contributed by atoms with E-state index in [2.05, 4.69) is 6.08 Å². The number of allylic oxidation sites excluding steroid dienone is 3. The second kappa shape index (κ2) is 15.7. The first-order valence-electron chi connectivity index (χ1n) is 8.56. The lowest BCUT2D eigenvalue weighted by molar-refractivity contribution is -0.137. The van der Waals surface area contributed by atoms with Gasteiger partial charge in [0.2, 0.25) is 0 Å². The number of aliphatic hydroxyl groups excluding tert-OH is 3. The fourth-order valence-electron chi connectivity index (χ4n) is 2.15. The van der Waals surface area contributed by atoms with Gasteiger partial charge in [-0.25, -0.2) is 0 Å². The van der Waals surface area contributed by atoms with E-state index in [1.807, 2.05) is 18.2 Å². The average Bonchev–Trinajstić information content (AvgIpc) is 2.53. The summed E-state index contributed by atoms with van der Waals surface area (Å²) in [5, 5.41) is 36.0. The SMILES string of the molecule is O=C(O)CCCCCCC/C=C\C=C/CC(O)CCC(O)CO. The molecule has 23 heavy (non-hydrogen) atoms. The summed E-state index contributed by atoms with van der Waals surface area (Å²) >= 11 is 0. The Bertz CT molecular complexity index is 338. The zero-order valence-corrected chi connectivity index (χ0v) is 13.9. The highest BCUT2D eigenvalue weighted by atomic mass is 16.4. The molecule has 2 atom stereocenters. The van der Waals surface area contributed by atoms with E-state index in [1.54, 1.807) is 0 Å². The molecule has 0 aromatic carbocycles. The minimum absolute atomic E-state index is 0.259. The van der Waals surface area contributed by atoms with Crippen LogP contribution in [0.2, 0.25) is 0 Å². The van der Waals surface area contributed by atoms with Crippen LogP contribution in [0.25, 0.3) is 0 Å². The number of aliphatic carboxylic acids is 1. The quantitative estimate of drug-likeness (QED) is 0.274. The van der Waals surface area contributed by atoms with Gasteiger partial charge in [-0.05, 0) is 38.5 Å². The summed E-state index contributed by atoms with van der Waals surface area (Å²) in [4.78, 5) is 10.3. The maximum absolute atomic E-state index is 10.3. The van der Waals surface area contributed by atoms with Crippen LogP contribution < -0.4 is 0 Å². The molecular weight excluding hydrogens is 296 g/mol. The number of rotatable bonds is 15. The molecule has 0 aliphatic rings. The lowest BCUT2D eigenvalue weighted by Crippen LogP contribution is -2.15. The molecule has 0 aromatic heterocycles. The Morgan fingerprint density at radius 1 is 0.870 bits per heavy atom. The van der Waals surface area contributed by atoms with Gasteiger partial charge in [0.25, 0.3) is 0 Å². The van der Waals surface area contributed by atoms with E-state index in [1.165, 1.54) is 0 Å². The molecule has 5 nitrogen and oxygen atoms in total. The first-order chi connectivity index (χ1) is 11.1. The van der Waals surface area contributed by atoms with E-state index in [0.717, 1.165) is 38.5 Å². The third kappa shape index (κ3) is 17.0. The largest absolute Gasteiger partial charge is 0.481 e. The van der Waals surface area contributed by atoms with Crippen LogP contribution in [0.1, 0.15) is 64.2 Å². The molecule has 4 N–H and O–H groups in total. The molecule has 0 radical (unpaired) electrons. The minimum Gasteiger partial charge on any atom is -0.481 e. The molecule has 0 rings (SSSR count). The van der Waals surface area contributed by atoms with E-state index in [-0.39, 0.29) is 13.0 Å². The van der Waals surface area contributed by atoms with Crippen molar-refractivity contribution in [2.75, 3.05) is 6.61 Å². The van der Waals surface area contributed by atoms with Gasteiger partial charge >= 0.3 is 5.97 Å². The van der Waals surface area contributed by atoms with Crippen molar-refractivity contribution in [1.29, 1.82) is 0 Å². The molecule has 0 amide bonds. The van der Waals surface area contributed by atoms with Crippen LogP contribution in [-0.2, 0) is 4.79 Å². The summed E-state index contributed by atoms with van der Waals surface area (Å²) in [6, 6.07) is 0. The highest BCUT2D eigenvalue weighted by molar-refractivity contribution is 5.66. The fourth-order valence-corrected chi connectivity index (χ4v) is 2.15. The van der Waals surface area contributed by atoms with Crippen LogP contribution in [0.3, 0.4) is 0 Å². The number of aliphatic hydroxyl groups is 3. The molecule has 0 fully saturated rings. The van der Waals surface area contributed by atoms with Gasteiger partial charge in [-0.3, -0.25) is 4.79 Å². The molecule has 2 unspecified atom stereocenters. The highest BCUT2D eigenvalue weighted by Crippen LogP contribution is 2.08. The summed E-state index contributed by atoms with van der Waals surface area (Å²) in [5.41, 5.74) is 0. The van der Waals surface area contributed by atoms with Gasteiger partial charge in [0, 0.05) is 6.42 Å². The maximum atomic E-state index is 10.3. The van der Waals surface area contributed by atoms with E-state index in [0.29, 0.717) is 19.3 Å². The monoisotopic (exact) mass is 328 g/mol. The van der Waals surface area contributed by atoms with Crippen molar-refractivity contribution < 1.29 is 25.2 Å². The average molecular weight is 328 g/mol. The molecule has 0 aromatic rings. The van der Waals surface area contributed by atoms with Crippen LogP contribution in [0.15, 0.2) is 24.3 Å². The smallest absolute Gasteiger partial charge is 0.303 e. The van der Waals surface area contributed by atoms with Gasteiger partial charge in [-0.1, -0.05) is 43.6 Å². The summed E-state index contributed by atoms with van der Waals surface area (Å²) in [5.74, 6) is -0.714. The number of carboxylic acid groups (broad SMARTS) is 1. The van der Waals surface area contributed by atoms with Gasteiger partial charge in [0.1, 0.15) is 0 Å². The standard InChI is InChI=1S/C18H32O5/c19-15-17(21)14-13-16(20)11-9-7-5-3-1-2-4-6-8-10-12-18(22)23/h3,5,7,9,16-17,19-21H,1-2,4,6,8,10-15H2,(H,22,23)/b5-3-,9-7-. The summed E-state index contributed by atoms with van der Waals surface area (Å²) in [7, 11) is 0. The zero-order valence-electron chi connectivity index (χ0n) is 13.9. The Hall–Kier alpha value is -1.17. The van der Waals surface area contributed by atoms with Crippen LogP contribution in [0.4, 0.5) is 0 Å². The fraction of sp³-hybridized carbons (Fsp3) is 0.722. The predicted octanol–water partition coefficient (Wildman–Crippen LogP) is 2.80. The van der Waals surface area contributed by atoms with Crippen LogP contribution in [0, 0.1) is 0 Å². The number of unbranched alkanes of at least 4 members (excludes halogenated alkanes) is 5. The van der Waals surface area contributed by atoms with Gasteiger partial charge in [-0.2, -0.15) is 0 Å². The van der Waals surface area contributed by atoms with Gasteiger partial charge < -0.3 is 20.4 Å². The molecule has 0 aliphatic heterocycles. The van der Waals surface area contributed by atoms with Crippen LogP contribution in [0.5, 0.6) is 0 Å². The Balaban J connectivity index is 3.43. The van der Waals surface area contributed by atoms with Crippen LogP contribution in [-0.4, -0.2) is 45.2 Å². The molecule has 134 valence electrons. The first-order valence-corrected chi connectivity index (χ1v) is 8.56. The molecule has 0 saturated carbocycles. The third-order valence-corrected chi connectivity index (χ3v) is 3.60. The molecule has 5 heteroatoms. The molecule has 0 aliphatic carbocycles. The second-order valence-electron chi connectivity index (χ2n) is 5.86. The van der Waals surface area contributed by atoms with Crippen molar-refractivity contribution in [2.45, 2.75) is 76.4 Å². The van der Waals surface area contributed by atoms with Gasteiger partial charge in [-0.15, -0.1) is 0 Å². The van der Waals surface area contributed by atoms with E-state index in [4.69, 9.17) is 10.2 Å². The molecule has 0 saturated heterocycles. The summed E-state index contributed by atoms with van der Waals surface area (Å²) in [6.07, 6.45) is 14.5. The van der Waals surface area contributed by atoms with Crippen molar-refractivity contribution >= 4 is 5.97 Å². The van der Waals surface area contributed by atoms with Gasteiger partial charge in [0.05, 0.1) is 18.8 Å². The minimum atomic E-state index is -0.738. The predicted molar refractivity (Wildman–Crippen MR) is 91.2 cm³/mol. The van der Waals surface area contributed by atoms with Crippen LogP contribution >= 0.6 is 0 Å². The van der Waals surface area contributed by atoms with Crippen molar-refractivity contribution in [3.63, 3.8) is 0 Å². The molecule has 0 heterocycles. The van der Waals surface area contributed by atoms with E-state index in [9.17, 15) is 15.0 Å². The van der Waals surface area contributed by atoms with Crippen molar-refractivity contribution in [2.24, 2.45) is 0 Å². The third-order valence-electron chi connectivity index (χ3n) is 3.60. The van der Waals surface area contributed by atoms with Gasteiger partial charge in [0.15, 0.2) is 0 Å². The summed E-state index contributed by atoms with van der Waals surface area (Å²) in [6.45, 7) is -0.259. The number of carboxylic acids is 1. The molecule has 0 spiro atoms. The number of carbonyl (C=O) groups is 1. The van der Waals surface area contributed by atoms with Crippen molar-refractivity contribution in [3.8, 4) is 0 Å². The second-order valence-corrected chi connectivity index (χ2v) is 5.86. The zero-order chi connectivity index (χ0) is 17.3. The maximum Gasteiger partial charge on any atom is 0.303 e. The van der Waals surface area contributed by atoms with E-state index < -0.39 is 18.2 Å². The van der Waals surface area contributed by atoms with E-state index >= 15 is 0 Å². The lowest BCUT2D eigenvalue weighted by atomic mass is 10.1. The number of hydrogen-bond donors (Lipinski definition) is 4. The normalized spacial score (nSPS) is 14.6. The first kappa shape index (κ1) is 21.8. The Labute approximate surface area is 139 Å². The highest BCUT2D eigenvalue weighted by Gasteiger charge is 2.06. The van der Waals surface area contributed by atoms with Crippen molar-refractivity contribution in [3.05, 3.63) is 24.3 Å². The number of hydrogen-bond acceptors (Lipinski definition) is 4. The summed E-state index contributed by atoms with van der Waals surface area (Å²) < 4.78 is 0.